The number of likely N-dealkylation sites (tertiary alicyclic amines) is 1. The maximum Gasteiger partial charge on any atom is 0.253 e. The molecule has 2 amide bonds. The molecule has 3 rings (SSSR count). The van der Waals surface area contributed by atoms with Crippen LogP contribution in [0.15, 0.2) is 30.5 Å². The minimum Gasteiger partial charge on any atom is -0.352 e. The lowest BCUT2D eigenvalue weighted by Gasteiger charge is -2.39. The molecule has 0 saturated carbocycles. The van der Waals surface area contributed by atoms with Gasteiger partial charge in [0, 0.05) is 49.7 Å². The monoisotopic (exact) mass is 319 g/mol. The van der Waals surface area contributed by atoms with Gasteiger partial charge in [-0.1, -0.05) is 18.2 Å². The molecular formula is C16H18ClN3O2. The van der Waals surface area contributed by atoms with Crippen molar-refractivity contribution < 1.29 is 9.59 Å². The summed E-state index contributed by atoms with van der Waals surface area (Å²) in [5.41, 5.74) is 1.72. The Bertz CT molecular complexity index is 719. The van der Waals surface area contributed by atoms with Crippen LogP contribution in [-0.2, 0) is 11.8 Å². The summed E-state index contributed by atoms with van der Waals surface area (Å²) in [6.07, 6.45) is 1.85. The minimum atomic E-state index is -0.0704. The van der Waals surface area contributed by atoms with E-state index in [0.717, 1.165) is 10.9 Å². The number of fused-ring (bicyclic) bond motifs is 1. The second kappa shape index (κ2) is 6.01. The smallest absolute Gasteiger partial charge is 0.253 e. The van der Waals surface area contributed by atoms with E-state index in [1.807, 2.05) is 42.1 Å². The summed E-state index contributed by atoms with van der Waals surface area (Å²) in [6.45, 7) is 1.91. The van der Waals surface area contributed by atoms with Crippen LogP contribution >= 0.6 is 11.6 Å². The molecule has 0 aliphatic carbocycles. The number of benzene rings is 1. The Morgan fingerprint density at radius 3 is 2.77 bits per heavy atom. The molecule has 1 aromatic heterocycles. The first-order chi connectivity index (χ1) is 10.6. The molecule has 2 aromatic rings. The van der Waals surface area contributed by atoms with E-state index in [0.29, 0.717) is 31.1 Å². The summed E-state index contributed by atoms with van der Waals surface area (Å²) in [6, 6.07) is 7.84. The van der Waals surface area contributed by atoms with Gasteiger partial charge in [-0.05, 0) is 6.07 Å². The normalized spacial score (nSPS) is 14.9. The van der Waals surface area contributed by atoms with Gasteiger partial charge in [-0.15, -0.1) is 11.6 Å². The highest BCUT2D eigenvalue weighted by Gasteiger charge is 2.30. The minimum absolute atomic E-state index is 0.0229. The largest absolute Gasteiger partial charge is 0.352 e. The quantitative estimate of drug-likeness (QED) is 0.870. The van der Waals surface area contributed by atoms with Crippen molar-refractivity contribution >= 4 is 34.3 Å². The SMILES string of the molecule is Cn1cc(C(=O)NCC2CN(C(=O)CCl)C2)c2ccccc21. The third-order valence-corrected chi connectivity index (χ3v) is 4.35. The Kier molecular flexibility index (Phi) is 4.07. The second-order valence-corrected chi connectivity index (χ2v) is 5.95. The number of nitrogens with zero attached hydrogens (tertiary/aromatic N) is 2. The average Bonchev–Trinajstić information content (AvgIpc) is 2.83. The van der Waals surface area contributed by atoms with E-state index in [1.54, 1.807) is 4.90 Å². The third kappa shape index (κ3) is 2.68. The number of carbonyl (C=O) groups is 2. The Morgan fingerprint density at radius 2 is 2.05 bits per heavy atom. The lowest BCUT2D eigenvalue weighted by molar-refractivity contribution is -0.134. The number of carbonyl (C=O) groups excluding carboxylic acids is 2. The number of rotatable bonds is 4. The summed E-state index contributed by atoms with van der Waals surface area (Å²) in [5, 5.41) is 3.91. The van der Waals surface area contributed by atoms with Crippen LogP contribution in [-0.4, -0.2) is 46.8 Å². The van der Waals surface area contributed by atoms with E-state index in [-0.39, 0.29) is 17.7 Å². The van der Waals surface area contributed by atoms with Crippen molar-refractivity contribution in [1.82, 2.24) is 14.8 Å². The number of aromatic nitrogens is 1. The van der Waals surface area contributed by atoms with Gasteiger partial charge >= 0.3 is 0 Å². The highest BCUT2D eigenvalue weighted by molar-refractivity contribution is 6.27. The fourth-order valence-corrected chi connectivity index (χ4v) is 3.01. The predicted octanol–water partition coefficient (Wildman–Crippen LogP) is 1.61. The first kappa shape index (κ1) is 14.9. The molecule has 0 bridgehead atoms. The Morgan fingerprint density at radius 1 is 1.32 bits per heavy atom. The zero-order valence-electron chi connectivity index (χ0n) is 12.4. The zero-order chi connectivity index (χ0) is 15.7. The van der Waals surface area contributed by atoms with Crippen LogP contribution in [0.2, 0.25) is 0 Å². The molecule has 0 radical (unpaired) electrons. The van der Waals surface area contributed by atoms with Crippen LogP contribution in [0.5, 0.6) is 0 Å². The topological polar surface area (TPSA) is 54.3 Å². The lowest BCUT2D eigenvalue weighted by Crippen LogP contribution is -2.54. The number of aryl methyl sites for hydroxylation is 1. The number of hydrogen-bond donors (Lipinski definition) is 1. The van der Waals surface area contributed by atoms with Crippen LogP contribution in [0.25, 0.3) is 10.9 Å². The lowest BCUT2D eigenvalue weighted by atomic mass is 10.00. The number of nitrogens with one attached hydrogen (secondary N) is 1. The molecule has 2 heterocycles. The molecule has 6 heteroatoms. The van der Waals surface area contributed by atoms with Crippen LogP contribution in [0.4, 0.5) is 0 Å². The molecule has 0 unspecified atom stereocenters. The maximum atomic E-state index is 12.4. The second-order valence-electron chi connectivity index (χ2n) is 5.68. The van der Waals surface area contributed by atoms with Gasteiger partial charge in [0.05, 0.1) is 5.56 Å². The van der Waals surface area contributed by atoms with Gasteiger partial charge < -0.3 is 14.8 Å². The van der Waals surface area contributed by atoms with Gasteiger partial charge in [0.2, 0.25) is 5.91 Å². The first-order valence-corrected chi connectivity index (χ1v) is 7.79. The van der Waals surface area contributed by atoms with E-state index in [2.05, 4.69) is 5.32 Å². The molecule has 1 aromatic carbocycles. The summed E-state index contributed by atoms with van der Waals surface area (Å²) >= 11 is 5.51. The molecule has 116 valence electrons. The van der Waals surface area contributed by atoms with Gasteiger partial charge in [0.25, 0.3) is 5.91 Å². The van der Waals surface area contributed by atoms with Crippen LogP contribution in [0, 0.1) is 5.92 Å². The molecule has 22 heavy (non-hydrogen) atoms. The van der Waals surface area contributed by atoms with Gasteiger partial charge in [-0.2, -0.15) is 0 Å². The molecule has 1 aliphatic heterocycles. The summed E-state index contributed by atoms with van der Waals surface area (Å²) < 4.78 is 1.95. The van der Waals surface area contributed by atoms with E-state index in [1.165, 1.54) is 0 Å². The molecule has 0 spiro atoms. The van der Waals surface area contributed by atoms with Crippen molar-refractivity contribution in [1.29, 1.82) is 0 Å². The summed E-state index contributed by atoms with van der Waals surface area (Å²) in [7, 11) is 1.93. The molecule has 1 saturated heterocycles. The van der Waals surface area contributed by atoms with Crippen LogP contribution in [0.1, 0.15) is 10.4 Å². The van der Waals surface area contributed by atoms with Crippen molar-refractivity contribution in [2.24, 2.45) is 13.0 Å². The highest BCUT2D eigenvalue weighted by atomic mass is 35.5. The number of hydrogen-bond acceptors (Lipinski definition) is 2. The third-order valence-electron chi connectivity index (χ3n) is 4.12. The highest BCUT2D eigenvalue weighted by Crippen LogP contribution is 2.20. The van der Waals surface area contributed by atoms with Gasteiger partial charge in [0.1, 0.15) is 5.88 Å². The maximum absolute atomic E-state index is 12.4. The van der Waals surface area contributed by atoms with E-state index < -0.39 is 0 Å². The van der Waals surface area contributed by atoms with Gasteiger partial charge in [-0.25, -0.2) is 0 Å². The van der Waals surface area contributed by atoms with Crippen LogP contribution < -0.4 is 5.32 Å². The Balaban J connectivity index is 1.60. The van der Waals surface area contributed by atoms with Crippen molar-refractivity contribution in [2.45, 2.75) is 0 Å². The van der Waals surface area contributed by atoms with E-state index >= 15 is 0 Å². The summed E-state index contributed by atoms with van der Waals surface area (Å²) in [5.74, 6) is 0.220. The Labute approximate surface area is 133 Å². The summed E-state index contributed by atoms with van der Waals surface area (Å²) in [4.78, 5) is 25.4. The van der Waals surface area contributed by atoms with Gasteiger partial charge in [0.15, 0.2) is 0 Å². The van der Waals surface area contributed by atoms with E-state index in [4.69, 9.17) is 11.6 Å². The van der Waals surface area contributed by atoms with Crippen molar-refractivity contribution in [3.8, 4) is 0 Å². The fourth-order valence-electron chi connectivity index (χ4n) is 2.84. The molecule has 0 atom stereocenters. The number of para-hydroxylation sites is 1. The molecular weight excluding hydrogens is 302 g/mol. The molecule has 1 fully saturated rings. The average molecular weight is 320 g/mol. The number of amides is 2. The van der Waals surface area contributed by atoms with Crippen molar-refractivity contribution in [2.75, 3.05) is 25.5 Å². The number of halogens is 1. The molecule has 1 aliphatic rings. The fraction of sp³-hybridized carbons (Fsp3) is 0.375. The predicted molar refractivity (Wildman–Crippen MR) is 86.0 cm³/mol. The first-order valence-electron chi connectivity index (χ1n) is 7.26. The van der Waals surface area contributed by atoms with Gasteiger partial charge in [-0.3, -0.25) is 9.59 Å². The van der Waals surface area contributed by atoms with Crippen molar-refractivity contribution in [3.05, 3.63) is 36.0 Å². The molecule has 5 nitrogen and oxygen atoms in total. The standard InChI is InChI=1S/C16H18ClN3O2/c1-19-10-13(12-4-2-3-5-14(12)19)16(22)18-7-11-8-20(9-11)15(21)6-17/h2-5,10-11H,6-9H2,1H3,(H,18,22). The van der Waals surface area contributed by atoms with E-state index in [9.17, 15) is 9.59 Å². The van der Waals surface area contributed by atoms with Crippen LogP contribution in [0.3, 0.4) is 0 Å². The molecule has 1 N–H and O–H groups in total. The Hall–Kier alpha value is -2.01. The van der Waals surface area contributed by atoms with Crippen molar-refractivity contribution in [3.63, 3.8) is 0 Å². The zero-order valence-corrected chi connectivity index (χ0v) is 13.1. The number of alkyl halides is 1.